The van der Waals surface area contributed by atoms with E-state index in [0.717, 1.165) is 82.5 Å². The fourth-order valence-corrected chi connectivity index (χ4v) is 4.03. The topological polar surface area (TPSA) is 71.5 Å². The van der Waals surface area contributed by atoms with Gasteiger partial charge in [0.1, 0.15) is 6.61 Å². The molecule has 178 valence electrons. The van der Waals surface area contributed by atoms with Crippen LogP contribution >= 0.6 is 0 Å². The molecule has 4 rings (SSSR count). The highest BCUT2D eigenvalue weighted by atomic mass is 16.5. The van der Waals surface area contributed by atoms with Gasteiger partial charge in [-0.3, -0.25) is 10.3 Å². The number of pyridine rings is 1. The van der Waals surface area contributed by atoms with Crippen LogP contribution in [0.2, 0.25) is 0 Å². The number of rotatable bonds is 9. The van der Waals surface area contributed by atoms with Gasteiger partial charge in [-0.25, -0.2) is 0 Å². The number of aryl methyl sites for hydroxylation is 1. The molecule has 1 aromatic carbocycles. The monoisotopic (exact) mass is 453 g/mol. The van der Waals surface area contributed by atoms with E-state index in [1.54, 1.807) is 0 Å². The molecule has 2 aromatic rings. The van der Waals surface area contributed by atoms with Gasteiger partial charge in [-0.1, -0.05) is 36.8 Å². The minimum Gasteiger partial charge on any atom is -0.476 e. The Hall–Kier alpha value is -2.68. The Morgan fingerprint density at radius 1 is 1.06 bits per heavy atom. The van der Waals surface area contributed by atoms with E-state index in [1.165, 1.54) is 5.56 Å². The average Bonchev–Trinajstić information content (AvgIpc) is 2.86. The summed E-state index contributed by atoms with van der Waals surface area (Å²) in [5.41, 5.74) is 7.59. The van der Waals surface area contributed by atoms with Crippen LogP contribution in [0.1, 0.15) is 24.5 Å². The van der Waals surface area contributed by atoms with Gasteiger partial charge >= 0.3 is 0 Å². The summed E-state index contributed by atoms with van der Waals surface area (Å²) in [6.45, 7) is 12.3. The van der Waals surface area contributed by atoms with Crippen molar-refractivity contribution in [2.45, 2.75) is 20.3 Å². The van der Waals surface area contributed by atoms with E-state index >= 15 is 0 Å². The van der Waals surface area contributed by atoms with Gasteiger partial charge in [0.05, 0.1) is 32.1 Å². The highest BCUT2D eigenvalue weighted by Gasteiger charge is 2.15. The van der Waals surface area contributed by atoms with Crippen LogP contribution in [0.4, 0.5) is 11.5 Å². The van der Waals surface area contributed by atoms with E-state index in [-0.39, 0.29) is 0 Å². The van der Waals surface area contributed by atoms with Gasteiger partial charge in [-0.2, -0.15) is 10.1 Å². The van der Waals surface area contributed by atoms with Gasteiger partial charge in [-0.15, -0.1) is 0 Å². The maximum absolute atomic E-state index is 6.07. The molecular formula is C25H35N5O3. The zero-order valence-electron chi connectivity index (χ0n) is 19.8. The first-order chi connectivity index (χ1) is 16.2. The second-order valence-corrected chi connectivity index (χ2v) is 8.34. The first-order valence-corrected chi connectivity index (χ1v) is 11.9. The summed E-state index contributed by atoms with van der Waals surface area (Å²) in [6.07, 6.45) is 0.822. The van der Waals surface area contributed by atoms with Crippen LogP contribution in [0.5, 0.6) is 5.88 Å². The van der Waals surface area contributed by atoms with E-state index < -0.39 is 0 Å². The van der Waals surface area contributed by atoms with Crippen LogP contribution in [0.25, 0.3) is 0 Å². The predicted molar refractivity (Wildman–Crippen MR) is 132 cm³/mol. The van der Waals surface area contributed by atoms with Crippen molar-refractivity contribution in [2.75, 3.05) is 76.1 Å². The summed E-state index contributed by atoms with van der Waals surface area (Å²) >= 11 is 0. The van der Waals surface area contributed by atoms with Gasteiger partial charge in [0.2, 0.25) is 5.88 Å². The van der Waals surface area contributed by atoms with E-state index in [2.05, 4.69) is 63.4 Å². The average molecular weight is 454 g/mol. The molecule has 2 aliphatic rings. The summed E-state index contributed by atoms with van der Waals surface area (Å²) < 4.78 is 17.0. The molecule has 8 heteroatoms. The lowest BCUT2D eigenvalue weighted by Crippen LogP contribution is -2.38. The second-order valence-electron chi connectivity index (χ2n) is 8.34. The summed E-state index contributed by atoms with van der Waals surface area (Å²) in [5, 5.41) is 4.69. The van der Waals surface area contributed by atoms with Crippen molar-refractivity contribution < 1.29 is 14.2 Å². The number of benzene rings is 1. The van der Waals surface area contributed by atoms with E-state index in [4.69, 9.17) is 14.2 Å². The van der Waals surface area contributed by atoms with Gasteiger partial charge in [-0.05, 0) is 18.9 Å². The molecule has 0 atom stereocenters. The fraction of sp³-hybridized carbons (Fsp3) is 0.520. The van der Waals surface area contributed by atoms with Crippen molar-refractivity contribution in [3.63, 3.8) is 0 Å². The number of nitrogens with zero attached hydrogens (tertiary/aromatic N) is 4. The van der Waals surface area contributed by atoms with Gasteiger partial charge < -0.3 is 19.1 Å². The summed E-state index contributed by atoms with van der Waals surface area (Å²) in [4.78, 5) is 9.34. The number of nitrogens with one attached hydrogen (secondary N) is 1. The molecule has 33 heavy (non-hydrogen) atoms. The first-order valence-electron chi connectivity index (χ1n) is 11.9. The summed E-state index contributed by atoms with van der Waals surface area (Å²) in [6, 6.07) is 12.5. The fourth-order valence-electron chi connectivity index (χ4n) is 4.03. The quantitative estimate of drug-likeness (QED) is 0.462. The predicted octanol–water partition coefficient (Wildman–Crippen LogP) is 3.16. The van der Waals surface area contributed by atoms with Crippen molar-refractivity contribution in [3.8, 4) is 5.88 Å². The number of anilines is 2. The number of aromatic nitrogens is 1. The second kappa shape index (κ2) is 12.0. The van der Waals surface area contributed by atoms with Crippen LogP contribution in [0.15, 0.2) is 41.5 Å². The lowest BCUT2D eigenvalue weighted by atomic mass is 10.1. The number of hydrazone groups is 1. The van der Waals surface area contributed by atoms with Gasteiger partial charge in [0.25, 0.3) is 0 Å². The van der Waals surface area contributed by atoms with E-state index in [9.17, 15) is 0 Å². The van der Waals surface area contributed by atoms with E-state index in [1.807, 2.05) is 12.1 Å². The Balaban J connectivity index is 1.49. The molecule has 0 spiro atoms. The molecule has 1 N–H and O–H groups in total. The number of hydrogen-bond donors (Lipinski definition) is 1. The van der Waals surface area contributed by atoms with Crippen molar-refractivity contribution in [2.24, 2.45) is 5.10 Å². The number of hydrogen-bond acceptors (Lipinski definition) is 8. The maximum atomic E-state index is 6.07. The normalized spacial score (nSPS) is 17.8. The summed E-state index contributed by atoms with van der Waals surface area (Å²) in [7, 11) is 0. The van der Waals surface area contributed by atoms with Crippen LogP contribution in [-0.2, 0) is 9.47 Å². The largest absolute Gasteiger partial charge is 0.476 e. The maximum Gasteiger partial charge on any atom is 0.217 e. The minimum atomic E-state index is 0.589. The Labute approximate surface area is 196 Å². The molecule has 0 saturated carbocycles. The molecule has 1 aromatic heterocycles. The molecule has 2 fully saturated rings. The Morgan fingerprint density at radius 2 is 1.82 bits per heavy atom. The lowest BCUT2D eigenvalue weighted by molar-refractivity contribution is 0.0320. The minimum absolute atomic E-state index is 0.589. The molecule has 0 radical (unpaired) electrons. The lowest BCUT2D eigenvalue weighted by Gasteiger charge is -2.29. The van der Waals surface area contributed by atoms with Crippen LogP contribution in [0, 0.1) is 6.92 Å². The van der Waals surface area contributed by atoms with Crippen molar-refractivity contribution in [3.05, 3.63) is 47.5 Å². The third kappa shape index (κ3) is 6.90. The Morgan fingerprint density at radius 3 is 2.55 bits per heavy atom. The molecule has 0 bridgehead atoms. The molecule has 2 aliphatic heterocycles. The molecule has 3 heterocycles. The molecule has 0 unspecified atom stereocenters. The zero-order chi connectivity index (χ0) is 22.9. The smallest absolute Gasteiger partial charge is 0.217 e. The number of morpholine rings is 2. The summed E-state index contributed by atoms with van der Waals surface area (Å²) in [5.74, 6) is 1.29. The number of ether oxygens (including phenoxy) is 3. The van der Waals surface area contributed by atoms with Gasteiger partial charge in [0, 0.05) is 50.5 Å². The van der Waals surface area contributed by atoms with Crippen LogP contribution < -0.4 is 15.1 Å². The third-order valence-corrected chi connectivity index (χ3v) is 5.92. The van der Waals surface area contributed by atoms with Crippen molar-refractivity contribution in [1.29, 1.82) is 0 Å². The van der Waals surface area contributed by atoms with E-state index in [0.29, 0.717) is 18.3 Å². The SMILES string of the molecule is CC/C(=N/Nc1cc(N2CCOCC2)cc(OCCN2CCOCC2)n1)c1cccc(C)c1. The molecule has 0 amide bonds. The molecule has 2 saturated heterocycles. The standard InChI is InChI=1S/C25H35N5O3/c1-3-23(21-6-4-5-20(2)17-21)27-28-24-18-22(30-10-14-32-15-11-30)19-25(26-24)33-16-9-29-7-12-31-13-8-29/h4-6,17-19H,3,7-16H2,1-2H3,(H,26,28)/b27-23-. The first kappa shape index (κ1) is 23.5. The van der Waals surface area contributed by atoms with Gasteiger partial charge in [0.15, 0.2) is 5.82 Å². The third-order valence-electron chi connectivity index (χ3n) is 5.92. The van der Waals surface area contributed by atoms with Crippen LogP contribution in [0.3, 0.4) is 0 Å². The highest BCUT2D eigenvalue weighted by Crippen LogP contribution is 2.25. The molecule has 0 aliphatic carbocycles. The highest BCUT2D eigenvalue weighted by molar-refractivity contribution is 6.00. The van der Waals surface area contributed by atoms with Crippen molar-refractivity contribution in [1.82, 2.24) is 9.88 Å². The van der Waals surface area contributed by atoms with Crippen LogP contribution in [-0.4, -0.2) is 81.4 Å². The molecule has 8 nitrogen and oxygen atoms in total. The van der Waals surface area contributed by atoms with Crippen molar-refractivity contribution >= 4 is 17.2 Å². The Kier molecular flexibility index (Phi) is 8.52. The molecular weight excluding hydrogens is 418 g/mol. The Bertz CT molecular complexity index is 924. The zero-order valence-corrected chi connectivity index (χ0v) is 19.8.